The Bertz CT molecular complexity index is 475. The maximum atomic E-state index is 12.5. The smallest absolute Gasteiger partial charge is 0.254 e. The van der Waals surface area contributed by atoms with Crippen LogP contribution in [0.1, 0.15) is 10.4 Å². The van der Waals surface area contributed by atoms with Gasteiger partial charge in [0.2, 0.25) is 0 Å². The number of ether oxygens (including phenoxy) is 1. The predicted molar refractivity (Wildman–Crippen MR) is 73.4 cm³/mol. The zero-order valence-corrected chi connectivity index (χ0v) is 11.5. The van der Waals surface area contributed by atoms with Crippen molar-refractivity contribution in [3.63, 3.8) is 0 Å². The maximum absolute atomic E-state index is 12.5. The van der Waals surface area contributed by atoms with Crippen molar-refractivity contribution in [3.8, 4) is 5.75 Å². The number of hydrogen-bond donors (Lipinski definition) is 0. The quantitative estimate of drug-likeness (QED) is 0.804. The van der Waals surface area contributed by atoms with Crippen LogP contribution in [0.4, 0.5) is 0 Å². The van der Waals surface area contributed by atoms with Gasteiger partial charge in [-0.25, -0.2) is 0 Å². The van der Waals surface area contributed by atoms with Gasteiger partial charge < -0.3 is 14.5 Å². The lowest BCUT2D eigenvalue weighted by molar-refractivity contribution is 0.0775. The number of hydrogen-bond acceptors (Lipinski definition) is 3. The molecule has 0 aliphatic carbocycles. The number of benzene rings is 1. The summed E-state index contributed by atoms with van der Waals surface area (Å²) in [6, 6.07) is 7.43. The molecular weight excluding hydrogens is 240 g/mol. The summed E-state index contributed by atoms with van der Waals surface area (Å²) in [4.78, 5) is 16.8. The highest BCUT2D eigenvalue weighted by Gasteiger charge is 2.40. The molecule has 0 N–H and O–H groups in total. The van der Waals surface area contributed by atoms with Crippen LogP contribution in [-0.2, 0) is 0 Å². The molecule has 1 amide bonds. The van der Waals surface area contributed by atoms with Gasteiger partial charge in [0.15, 0.2) is 0 Å². The van der Waals surface area contributed by atoms with Gasteiger partial charge in [-0.15, -0.1) is 0 Å². The number of rotatable bonds is 2. The number of amides is 1. The predicted octanol–water partition coefficient (Wildman–Crippen LogP) is 1.33. The van der Waals surface area contributed by atoms with E-state index in [-0.39, 0.29) is 5.91 Å². The highest BCUT2D eigenvalue weighted by molar-refractivity contribution is 5.94. The van der Waals surface area contributed by atoms with Gasteiger partial charge in [-0.3, -0.25) is 4.79 Å². The van der Waals surface area contributed by atoms with Crippen molar-refractivity contribution in [3.05, 3.63) is 29.8 Å². The molecular formula is C15H20N2O2. The van der Waals surface area contributed by atoms with E-state index < -0.39 is 0 Å². The fourth-order valence-electron chi connectivity index (χ4n) is 3.33. The van der Waals surface area contributed by atoms with E-state index in [1.807, 2.05) is 29.2 Å². The van der Waals surface area contributed by atoms with Crippen molar-refractivity contribution in [2.75, 3.05) is 40.3 Å². The van der Waals surface area contributed by atoms with Gasteiger partial charge in [0.25, 0.3) is 5.91 Å². The van der Waals surface area contributed by atoms with Gasteiger partial charge >= 0.3 is 0 Å². The van der Waals surface area contributed by atoms with E-state index in [0.717, 1.165) is 37.5 Å². The Morgan fingerprint density at radius 3 is 2.53 bits per heavy atom. The summed E-state index contributed by atoms with van der Waals surface area (Å²) in [6.45, 7) is 4.02. The van der Waals surface area contributed by atoms with Crippen LogP contribution in [-0.4, -0.2) is 56.0 Å². The minimum absolute atomic E-state index is 0.135. The molecule has 2 fully saturated rings. The third-order valence-electron chi connectivity index (χ3n) is 4.27. The van der Waals surface area contributed by atoms with Crippen LogP contribution in [0, 0.1) is 11.8 Å². The first-order valence-electron chi connectivity index (χ1n) is 6.79. The number of likely N-dealkylation sites (tertiary alicyclic amines) is 2. The average molecular weight is 260 g/mol. The van der Waals surface area contributed by atoms with Crippen LogP contribution in [0.5, 0.6) is 5.75 Å². The number of nitrogens with zero attached hydrogens (tertiary/aromatic N) is 2. The van der Waals surface area contributed by atoms with Crippen molar-refractivity contribution in [1.82, 2.24) is 9.80 Å². The lowest BCUT2D eigenvalue weighted by atomic mass is 10.0. The molecule has 0 bridgehead atoms. The monoisotopic (exact) mass is 260 g/mol. The van der Waals surface area contributed by atoms with Crippen molar-refractivity contribution in [1.29, 1.82) is 0 Å². The second kappa shape index (κ2) is 4.85. The maximum Gasteiger partial charge on any atom is 0.254 e. The molecule has 0 radical (unpaired) electrons. The van der Waals surface area contributed by atoms with E-state index in [4.69, 9.17) is 4.74 Å². The van der Waals surface area contributed by atoms with Gasteiger partial charge in [0.1, 0.15) is 5.75 Å². The van der Waals surface area contributed by atoms with Crippen LogP contribution < -0.4 is 4.74 Å². The molecule has 4 nitrogen and oxygen atoms in total. The number of carbonyl (C=O) groups is 1. The second-order valence-electron chi connectivity index (χ2n) is 5.68. The number of fused-ring (bicyclic) bond motifs is 1. The lowest BCUT2D eigenvalue weighted by Gasteiger charge is -2.19. The molecule has 2 saturated heterocycles. The third-order valence-corrected chi connectivity index (χ3v) is 4.27. The topological polar surface area (TPSA) is 32.8 Å². The molecule has 102 valence electrons. The average Bonchev–Trinajstić information content (AvgIpc) is 2.95. The first-order valence-corrected chi connectivity index (χ1v) is 6.79. The Hall–Kier alpha value is -1.55. The summed E-state index contributed by atoms with van der Waals surface area (Å²) in [6.07, 6.45) is 0. The van der Waals surface area contributed by atoms with Crippen molar-refractivity contribution >= 4 is 5.91 Å². The molecule has 0 saturated carbocycles. The summed E-state index contributed by atoms with van der Waals surface area (Å²) < 4.78 is 5.18. The Morgan fingerprint density at radius 1 is 1.21 bits per heavy atom. The number of carbonyl (C=O) groups excluding carboxylic acids is 1. The van der Waals surface area contributed by atoms with Gasteiger partial charge in [-0.1, -0.05) is 6.07 Å². The zero-order chi connectivity index (χ0) is 13.4. The molecule has 2 atom stereocenters. The van der Waals surface area contributed by atoms with Crippen molar-refractivity contribution in [2.24, 2.45) is 11.8 Å². The lowest BCUT2D eigenvalue weighted by Crippen LogP contribution is -2.32. The summed E-state index contributed by atoms with van der Waals surface area (Å²) in [5.74, 6) is 2.18. The standard InChI is InChI=1S/C15H20N2O2/c1-16-7-12-9-17(10-13(12)8-16)15(18)11-4-3-5-14(6-11)19-2/h3-6,12-13H,7-10H2,1-2H3/t12-,13-/m1/s1. The molecule has 2 heterocycles. The van der Waals surface area contributed by atoms with E-state index in [1.54, 1.807) is 7.11 Å². The largest absolute Gasteiger partial charge is 0.497 e. The molecule has 1 aromatic carbocycles. The van der Waals surface area contributed by atoms with Crippen LogP contribution in [0.3, 0.4) is 0 Å². The minimum atomic E-state index is 0.135. The second-order valence-corrected chi connectivity index (χ2v) is 5.68. The molecule has 1 aromatic rings. The first kappa shape index (κ1) is 12.5. The van der Waals surface area contributed by atoms with E-state index in [9.17, 15) is 4.79 Å². The molecule has 0 unspecified atom stereocenters. The third kappa shape index (κ3) is 2.32. The van der Waals surface area contributed by atoms with E-state index in [2.05, 4.69) is 11.9 Å². The molecule has 0 aromatic heterocycles. The molecule has 0 spiro atoms. The summed E-state index contributed by atoms with van der Waals surface area (Å²) in [5, 5.41) is 0. The number of methoxy groups -OCH3 is 1. The minimum Gasteiger partial charge on any atom is -0.497 e. The zero-order valence-electron chi connectivity index (χ0n) is 11.5. The van der Waals surface area contributed by atoms with Gasteiger partial charge in [-0.05, 0) is 37.1 Å². The van der Waals surface area contributed by atoms with E-state index >= 15 is 0 Å². The van der Waals surface area contributed by atoms with E-state index in [1.165, 1.54) is 0 Å². The van der Waals surface area contributed by atoms with Crippen molar-refractivity contribution < 1.29 is 9.53 Å². The summed E-state index contributed by atoms with van der Waals surface area (Å²) >= 11 is 0. The molecule has 2 aliphatic rings. The summed E-state index contributed by atoms with van der Waals surface area (Å²) in [5.41, 5.74) is 0.729. The van der Waals surface area contributed by atoms with Crippen LogP contribution in [0.15, 0.2) is 24.3 Å². The van der Waals surface area contributed by atoms with E-state index in [0.29, 0.717) is 11.8 Å². The Kier molecular flexibility index (Phi) is 3.19. The van der Waals surface area contributed by atoms with Gasteiger partial charge in [-0.2, -0.15) is 0 Å². The Labute approximate surface area is 113 Å². The highest BCUT2D eigenvalue weighted by atomic mass is 16.5. The Balaban J connectivity index is 1.72. The van der Waals surface area contributed by atoms with Crippen LogP contribution in [0.25, 0.3) is 0 Å². The molecule has 19 heavy (non-hydrogen) atoms. The molecule has 2 aliphatic heterocycles. The highest BCUT2D eigenvalue weighted by Crippen LogP contribution is 2.31. The van der Waals surface area contributed by atoms with Gasteiger partial charge in [0, 0.05) is 31.7 Å². The first-order chi connectivity index (χ1) is 9.17. The van der Waals surface area contributed by atoms with Crippen molar-refractivity contribution in [2.45, 2.75) is 0 Å². The van der Waals surface area contributed by atoms with Crippen LogP contribution >= 0.6 is 0 Å². The molecule has 4 heteroatoms. The molecule has 3 rings (SSSR count). The normalized spacial score (nSPS) is 26.5. The summed E-state index contributed by atoms with van der Waals surface area (Å²) in [7, 11) is 3.78. The fraction of sp³-hybridized carbons (Fsp3) is 0.533. The Morgan fingerprint density at radius 2 is 1.89 bits per heavy atom. The van der Waals surface area contributed by atoms with Crippen LogP contribution in [0.2, 0.25) is 0 Å². The fourth-order valence-corrected chi connectivity index (χ4v) is 3.33. The SMILES string of the molecule is COc1cccc(C(=O)N2C[C@H]3CN(C)C[C@@H]3C2)c1. The van der Waals surface area contributed by atoms with Gasteiger partial charge in [0.05, 0.1) is 7.11 Å².